The summed E-state index contributed by atoms with van der Waals surface area (Å²) in [6.07, 6.45) is -0.652. The maximum Gasteiger partial charge on any atom is 0.408 e. The zero-order valence-corrected chi connectivity index (χ0v) is 19.2. The van der Waals surface area contributed by atoms with Gasteiger partial charge in [-0.05, 0) is 50.5 Å². The molecular weight excluding hydrogens is 444 g/mol. The van der Waals surface area contributed by atoms with Crippen LogP contribution in [0.15, 0.2) is 48.5 Å². The van der Waals surface area contributed by atoms with Gasteiger partial charge in [-0.2, -0.15) is 0 Å². The zero-order valence-electron chi connectivity index (χ0n) is 19.2. The van der Waals surface area contributed by atoms with Crippen LogP contribution in [0.4, 0.5) is 15.3 Å². The molecule has 4 N–H and O–H groups in total. The lowest BCUT2D eigenvalue weighted by atomic mass is 10.0. The van der Waals surface area contributed by atoms with Crippen molar-refractivity contribution >= 4 is 23.7 Å². The number of imide groups is 1. The minimum absolute atomic E-state index is 0.0565. The lowest BCUT2D eigenvalue weighted by molar-refractivity contribution is -0.384. The molecule has 11 nitrogen and oxygen atoms in total. The van der Waals surface area contributed by atoms with Gasteiger partial charge in [0.1, 0.15) is 17.4 Å². The summed E-state index contributed by atoms with van der Waals surface area (Å²) in [6, 6.07) is 9.51. The molecule has 0 spiro atoms. The number of phenolic OH excluding ortho intramolecular Hbond substituents is 1. The third-order valence-corrected chi connectivity index (χ3v) is 4.67. The van der Waals surface area contributed by atoms with Gasteiger partial charge >= 0.3 is 12.1 Å². The van der Waals surface area contributed by atoms with Gasteiger partial charge in [-0.3, -0.25) is 19.8 Å². The van der Waals surface area contributed by atoms with Crippen molar-refractivity contribution in [2.45, 2.75) is 45.3 Å². The summed E-state index contributed by atoms with van der Waals surface area (Å²) >= 11 is 0. The Morgan fingerprint density at radius 3 is 2.15 bits per heavy atom. The van der Waals surface area contributed by atoms with Gasteiger partial charge in [-0.15, -0.1) is 0 Å². The number of carbonyl (C=O) groups is 3. The number of nitrogens with zero attached hydrogens (tertiary/aromatic N) is 2. The number of primary amides is 1. The highest BCUT2D eigenvalue weighted by Gasteiger charge is 2.30. The van der Waals surface area contributed by atoms with E-state index in [4.69, 9.17) is 10.5 Å². The van der Waals surface area contributed by atoms with E-state index < -0.39 is 34.6 Å². The van der Waals surface area contributed by atoms with Crippen molar-refractivity contribution in [1.29, 1.82) is 0 Å². The molecule has 0 aliphatic rings. The number of phenols is 1. The number of aromatic hydroxyl groups is 1. The molecule has 0 saturated heterocycles. The Kier molecular flexibility index (Phi) is 8.54. The molecular formula is C23H28N4O7. The van der Waals surface area contributed by atoms with Crippen LogP contribution in [0.2, 0.25) is 0 Å². The molecule has 2 aromatic rings. The average Bonchev–Trinajstić information content (AvgIpc) is 2.73. The van der Waals surface area contributed by atoms with E-state index in [1.807, 2.05) is 0 Å². The Labute approximate surface area is 196 Å². The van der Waals surface area contributed by atoms with Crippen LogP contribution >= 0.6 is 0 Å². The van der Waals surface area contributed by atoms with Crippen molar-refractivity contribution in [3.8, 4) is 5.75 Å². The van der Waals surface area contributed by atoms with Crippen LogP contribution < -0.4 is 11.1 Å². The number of amides is 4. The average molecular weight is 472 g/mol. The summed E-state index contributed by atoms with van der Waals surface area (Å²) in [5, 5.41) is 22.8. The Bertz CT molecular complexity index is 1030. The number of urea groups is 1. The molecule has 182 valence electrons. The van der Waals surface area contributed by atoms with Crippen molar-refractivity contribution in [2.75, 3.05) is 6.54 Å². The standard InChI is InChI=1S/C23H28N4O7/c1-23(2,3)34-22(31)25-19(14-16-4-8-17(9-5-16)27(32)33)20(29)26(21(24)30)13-12-15-6-10-18(28)11-7-15/h4-11,19,28H,12-14H2,1-3H3,(H2,24,30)(H,25,31). The van der Waals surface area contributed by atoms with E-state index in [1.165, 1.54) is 36.4 Å². The van der Waals surface area contributed by atoms with Gasteiger partial charge in [0.15, 0.2) is 0 Å². The molecule has 0 saturated carbocycles. The van der Waals surface area contributed by atoms with Crippen molar-refractivity contribution < 1.29 is 29.2 Å². The number of benzene rings is 2. The first-order valence-electron chi connectivity index (χ1n) is 10.5. The molecule has 1 atom stereocenters. The van der Waals surface area contributed by atoms with Crippen LogP contribution in [0, 0.1) is 10.1 Å². The predicted octanol–water partition coefficient (Wildman–Crippen LogP) is 2.89. The second kappa shape index (κ2) is 11.1. The van der Waals surface area contributed by atoms with Crippen LogP contribution in [0.3, 0.4) is 0 Å². The highest BCUT2D eigenvalue weighted by molar-refractivity contribution is 5.97. The number of nitro groups is 1. The number of alkyl carbamates (subject to hydrolysis) is 1. The van der Waals surface area contributed by atoms with Crippen LogP contribution in [-0.4, -0.2) is 51.1 Å². The predicted molar refractivity (Wildman–Crippen MR) is 123 cm³/mol. The summed E-state index contributed by atoms with van der Waals surface area (Å²) in [5.41, 5.74) is 5.77. The van der Waals surface area contributed by atoms with Gasteiger partial charge in [0.25, 0.3) is 11.6 Å². The quantitative estimate of drug-likeness (QED) is 0.392. The maximum absolute atomic E-state index is 13.2. The molecule has 1 unspecified atom stereocenters. The highest BCUT2D eigenvalue weighted by Crippen LogP contribution is 2.16. The summed E-state index contributed by atoms with van der Waals surface area (Å²) < 4.78 is 5.24. The molecule has 0 fully saturated rings. The van der Waals surface area contributed by atoms with E-state index in [0.29, 0.717) is 5.56 Å². The molecule has 0 aliphatic carbocycles. The third kappa shape index (κ3) is 8.08. The molecule has 2 aromatic carbocycles. The lowest BCUT2D eigenvalue weighted by Gasteiger charge is -2.27. The van der Waals surface area contributed by atoms with Crippen molar-refractivity contribution in [1.82, 2.24) is 10.2 Å². The summed E-state index contributed by atoms with van der Waals surface area (Å²) in [6.45, 7) is 4.92. The maximum atomic E-state index is 13.2. The molecule has 0 aromatic heterocycles. The first-order valence-corrected chi connectivity index (χ1v) is 10.5. The molecule has 0 radical (unpaired) electrons. The molecule has 11 heteroatoms. The van der Waals surface area contributed by atoms with Gasteiger partial charge in [0.05, 0.1) is 4.92 Å². The molecule has 0 bridgehead atoms. The minimum atomic E-state index is -1.22. The molecule has 2 rings (SSSR count). The smallest absolute Gasteiger partial charge is 0.408 e. The SMILES string of the molecule is CC(C)(C)OC(=O)NC(Cc1ccc([N+](=O)[O-])cc1)C(=O)N(CCc1ccc(O)cc1)C(N)=O. The Hall–Kier alpha value is -4.15. The topological polar surface area (TPSA) is 165 Å². The van der Waals surface area contributed by atoms with Gasteiger partial charge in [-0.25, -0.2) is 9.59 Å². The van der Waals surface area contributed by atoms with E-state index in [-0.39, 0.29) is 30.8 Å². The molecule has 34 heavy (non-hydrogen) atoms. The van der Waals surface area contributed by atoms with Crippen LogP contribution in [0.5, 0.6) is 5.75 Å². The van der Waals surface area contributed by atoms with E-state index in [2.05, 4.69) is 5.32 Å². The Morgan fingerprint density at radius 1 is 1.09 bits per heavy atom. The number of nitro benzene ring substituents is 1. The number of hydrogen-bond acceptors (Lipinski definition) is 7. The van der Waals surface area contributed by atoms with Gasteiger partial charge in [-0.1, -0.05) is 24.3 Å². The lowest BCUT2D eigenvalue weighted by Crippen LogP contribution is -2.54. The Morgan fingerprint density at radius 2 is 1.65 bits per heavy atom. The largest absolute Gasteiger partial charge is 0.508 e. The fourth-order valence-electron chi connectivity index (χ4n) is 3.06. The Balaban J connectivity index is 2.24. The summed E-state index contributed by atoms with van der Waals surface area (Å²) in [5.74, 6) is -0.674. The van der Waals surface area contributed by atoms with Gasteiger partial charge in [0.2, 0.25) is 0 Å². The van der Waals surface area contributed by atoms with E-state index in [0.717, 1.165) is 10.5 Å². The highest BCUT2D eigenvalue weighted by atomic mass is 16.6. The number of hydrogen-bond donors (Lipinski definition) is 3. The molecule has 0 heterocycles. The normalized spacial score (nSPS) is 11.9. The number of nitrogens with two attached hydrogens (primary N) is 1. The minimum Gasteiger partial charge on any atom is -0.508 e. The summed E-state index contributed by atoms with van der Waals surface area (Å²) in [4.78, 5) is 48.9. The number of rotatable bonds is 8. The summed E-state index contributed by atoms with van der Waals surface area (Å²) in [7, 11) is 0. The van der Waals surface area contributed by atoms with E-state index in [1.54, 1.807) is 32.9 Å². The second-order valence-corrected chi connectivity index (χ2v) is 8.57. The zero-order chi connectivity index (χ0) is 25.5. The number of non-ortho nitro benzene ring substituents is 1. The number of nitrogens with one attached hydrogen (secondary N) is 1. The first kappa shape index (κ1) is 26.1. The monoisotopic (exact) mass is 472 g/mol. The van der Waals surface area contributed by atoms with E-state index >= 15 is 0 Å². The first-order chi connectivity index (χ1) is 15.9. The van der Waals surface area contributed by atoms with Crippen LogP contribution in [-0.2, 0) is 22.4 Å². The second-order valence-electron chi connectivity index (χ2n) is 8.57. The van der Waals surface area contributed by atoms with Gasteiger partial charge in [0, 0.05) is 25.1 Å². The van der Waals surface area contributed by atoms with Crippen LogP contribution in [0.1, 0.15) is 31.9 Å². The van der Waals surface area contributed by atoms with Crippen LogP contribution in [0.25, 0.3) is 0 Å². The fourth-order valence-corrected chi connectivity index (χ4v) is 3.06. The van der Waals surface area contributed by atoms with Gasteiger partial charge < -0.3 is 20.9 Å². The van der Waals surface area contributed by atoms with Crippen molar-refractivity contribution in [3.05, 3.63) is 69.8 Å². The number of ether oxygens (including phenoxy) is 1. The third-order valence-electron chi connectivity index (χ3n) is 4.67. The fraction of sp³-hybridized carbons (Fsp3) is 0.348. The van der Waals surface area contributed by atoms with E-state index in [9.17, 15) is 29.6 Å². The molecule has 4 amide bonds. The molecule has 0 aliphatic heterocycles. The number of carbonyl (C=O) groups excluding carboxylic acids is 3. The van der Waals surface area contributed by atoms with Crippen molar-refractivity contribution in [2.24, 2.45) is 5.73 Å². The van der Waals surface area contributed by atoms with Crippen molar-refractivity contribution in [3.63, 3.8) is 0 Å².